The molecular weight excluding hydrogens is 272 g/mol. The molecule has 2 aromatic carbocycles. The number of hydroxylamine groups is 2. The van der Waals surface area contributed by atoms with Crippen LogP contribution in [0.2, 0.25) is 5.02 Å². The smallest absolute Gasteiger partial charge is 0.243 e. The van der Waals surface area contributed by atoms with E-state index in [4.69, 9.17) is 16.4 Å². The van der Waals surface area contributed by atoms with Crippen LogP contribution in [0.15, 0.2) is 65.4 Å². The second kappa shape index (κ2) is 4.20. The van der Waals surface area contributed by atoms with Crippen LogP contribution in [-0.2, 0) is 6.42 Å². The minimum absolute atomic E-state index is 0.194. The van der Waals surface area contributed by atoms with Crippen LogP contribution in [0.3, 0.4) is 0 Å². The van der Waals surface area contributed by atoms with Crippen LogP contribution in [0, 0.1) is 0 Å². The molecule has 4 rings (SSSR count). The number of nitrogens with zero attached hydrogens (tertiary/aromatic N) is 2. The maximum atomic E-state index is 6.23. The number of fused-ring (bicyclic) bond motifs is 3. The average Bonchev–Trinajstić information content (AvgIpc) is 2.97. The van der Waals surface area contributed by atoms with Crippen molar-refractivity contribution in [1.82, 2.24) is 4.65 Å². The summed E-state index contributed by atoms with van der Waals surface area (Å²) in [6.07, 6.45) is 4.53. The summed E-state index contributed by atoms with van der Waals surface area (Å²) in [5.41, 5.74) is 3.46. The van der Waals surface area contributed by atoms with Crippen molar-refractivity contribution >= 4 is 23.6 Å². The summed E-state index contributed by atoms with van der Waals surface area (Å²) >= 11 is 6.22. The lowest BCUT2D eigenvalue weighted by molar-refractivity contribution is 0.0763. The molecule has 2 aliphatic heterocycles. The lowest BCUT2D eigenvalue weighted by atomic mass is 10.1. The van der Waals surface area contributed by atoms with Crippen molar-refractivity contribution in [2.24, 2.45) is 4.99 Å². The fourth-order valence-electron chi connectivity index (χ4n) is 2.74. The van der Waals surface area contributed by atoms with Crippen LogP contribution in [0.4, 0.5) is 5.69 Å². The van der Waals surface area contributed by atoms with Gasteiger partial charge in [-0.1, -0.05) is 41.9 Å². The first-order chi connectivity index (χ1) is 9.79. The zero-order valence-electron chi connectivity index (χ0n) is 10.7. The molecule has 3 nitrogen and oxygen atoms in total. The number of allylic oxidation sites excluding steroid dienone is 1. The van der Waals surface area contributed by atoms with Crippen molar-refractivity contribution in [3.05, 3.63) is 71.0 Å². The lowest BCUT2D eigenvalue weighted by Gasteiger charge is -2.25. The fourth-order valence-corrected chi connectivity index (χ4v) is 2.91. The minimum atomic E-state index is 0.194. The summed E-state index contributed by atoms with van der Waals surface area (Å²) in [6.45, 7) is 0. The van der Waals surface area contributed by atoms with Gasteiger partial charge in [0.1, 0.15) is 0 Å². The Balaban J connectivity index is 1.85. The van der Waals surface area contributed by atoms with Gasteiger partial charge in [-0.2, -0.15) is 0 Å². The van der Waals surface area contributed by atoms with Gasteiger partial charge in [-0.05, 0) is 16.8 Å². The van der Waals surface area contributed by atoms with Crippen LogP contribution in [0.25, 0.3) is 0 Å². The normalized spacial score (nSPS) is 22.4. The van der Waals surface area contributed by atoms with E-state index in [-0.39, 0.29) is 4.65 Å². The Labute approximate surface area is 121 Å². The number of benzene rings is 2. The Bertz CT molecular complexity index is 754. The third kappa shape index (κ3) is 1.54. The molecule has 2 heterocycles. The molecule has 1 atom stereocenters. The van der Waals surface area contributed by atoms with E-state index in [2.05, 4.69) is 17.1 Å². The molecule has 4 heteroatoms. The molecule has 0 saturated carbocycles. The van der Waals surface area contributed by atoms with E-state index >= 15 is 0 Å². The molecule has 2 aromatic rings. The van der Waals surface area contributed by atoms with Crippen LogP contribution in [0.5, 0.6) is 5.75 Å². The molecule has 2 aliphatic rings. The zero-order chi connectivity index (χ0) is 13.6. The van der Waals surface area contributed by atoms with Gasteiger partial charge in [0.2, 0.25) is 12.1 Å². The Morgan fingerprint density at radius 2 is 1.85 bits per heavy atom. The highest BCUT2D eigenvalue weighted by Crippen LogP contribution is 2.43. The predicted molar refractivity (Wildman–Crippen MR) is 80.6 cm³/mol. The molecular formula is C16H12ClN2O+. The molecule has 0 bridgehead atoms. The zero-order valence-corrected chi connectivity index (χ0v) is 11.4. The highest BCUT2D eigenvalue weighted by molar-refractivity contribution is 6.32. The van der Waals surface area contributed by atoms with E-state index in [1.165, 1.54) is 5.56 Å². The van der Waals surface area contributed by atoms with Crippen molar-refractivity contribution in [3.63, 3.8) is 0 Å². The van der Waals surface area contributed by atoms with Gasteiger partial charge in [0.15, 0.2) is 11.4 Å². The van der Waals surface area contributed by atoms with Gasteiger partial charge in [-0.25, -0.2) is 4.99 Å². The molecule has 0 fully saturated rings. The van der Waals surface area contributed by atoms with Gasteiger partial charge in [0, 0.05) is 11.6 Å². The van der Waals surface area contributed by atoms with Crippen LogP contribution < -0.4 is 9.48 Å². The highest BCUT2D eigenvalue weighted by atomic mass is 35.5. The van der Waals surface area contributed by atoms with Crippen LogP contribution in [-0.4, -0.2) is 6.34 Å². The minimum Gasteiger partial charge on any atom is -0.297 e. The van der Waals surface area contributed by atoms with E-state index < -0.39 is 0 Å². The quantitative estimate of drug-likeness (QED) is 0.761. The topological polar surface area (TPSA) is 21.6 Å². The van der Waals surface area contributed by atoms with Gasteiger partial charge < -0.3 is 0 Å². The van der Waals surface area contributed by atoms with Crippen molar-refractivity contribution in [3.8, 4) is 5.75 Å². The Hall–Kier alpha value is -2.10. The first-order valence-corrected chi connectivity index (χ1v) is 6.83. The fraction of sp³-hybridized carbons (Fsp3) is 0.0625. The summed E-state index contributed by atoms with van der Waals surface area (Å²) in [7, 11) is 0. The van der Waals surface area contributed by atoms with Crippen molar-refractivity contribution < 1.29 is 4.84 Å². The molecule has 0 N–H and O–H groups in total. The molecule has 98 valence electrons. The number of hydrogen-bond donors (Lipinski definition) is 0. The second-order valence-electron chi connectivity index (χ2n) is 4.87. The van der Waals surface area contributed by atoms with Gasteiger partial charge in [-0.15, -0.1) is 0 Å². The predicted octanol–water partition coefficient (Wildman–Crippen LogP) is 4.08. The summed E-state index contributed by atoms with van der Waals surface area (Å²) in [5.74, 6) is 0.658. The van der Waals surface area contributed by atoms with Crippen LogP contribution >= 0.6 is 11.6 Å². The first-order valence-electron chi connectivity index (χ1n) is 6.45. The van der Waals surface area contributed by atoms with E-state index in [0.717, 1.165) is 17.8 Å². The Morgan fingerprint density at radius 1 is 1.05 bits per heavy atom. The number of halogens is 1. The molecule has 20 heavy (non-hydrogen) atoms. The molecule has 0 spiro atoms. The molecule has 0 aromatic heterocycles. The SMILES string of the molecule is Clc1ccccc1O[N+]12C=NC=C1Cc1ccccc12. The van der Waals surface area contributed by atoms with E-state index in [9.17, 15) is 0 Å². The van der Waals surface area contributed by atoms with E-state index in [0.29, 0.717) is 10.8 Å². The van der Waals surface area contributed by atoms with Crippen molar-refractivity contribution in [1.29, 1.82) is 0 Å². The van der Waals surface area contributed by atoms with E-state index in [1.807, 2.05) is 48.9 Å². The Kier molecular flexibility index (Phi) is 2.46. The van der Waals surface area contributed by atoms with E-state index in [1.54, 1.807) is 0 Å². The summed E-state index contributed by atoms with van der Waals surface area (Å²) in [5, 5.41) is 0.601. The lowest BCUT2D eigenvalue weighted by Crippen LogP contribution is -2.46. The number of quaternary nitrogens is 1. The molecule has 0 aliphatic carbocycles. The largest absolute Gasteiger partial charge is 0.297 e. The van der Waals surface area contributed by atoms with Gasteiger partial charge >= 0.3 is 0 Å². The van der Waals surface area contributed by atoms with Gasteiger partial charge in [-0.3, -0.25) is 4.84 Å². The maximum absolute atomic E-state index is 6.23. The van der Waals surface area contributed by atoms with Crippen molar-refractivity contribution in [2.45, 2.75) is 6.42 Å². The van der Waals surface area contributed by atoms with Crippen LogP contribution in [0.1, 0.15) is 5.56 Å². The Morgan fingerprint density at radius 3 is 2.75 bits per heavy atom. The number of hydrogen-bond acceptors (Lipinski definition) is 2. The summed E-state index contributed by atoms with van der Waals surface area (Å²) in [4.78, 5) is 10.5. The summed E-state index contributed by atoms with van der Waals surface area (Å²) in [6, 6.07) is 15.8. The average molecular weight is 284 g/mol. The van der Waals surface area contributed by atoms with Crippen molar-refractivity contribution in [2.75, 3.05) is 0 Å². The highest BCUT2D eigenvalue weighted by Gasteiger charge is 2.49. The number of aliphatic imine (C=N–C) groups is 1. The molecule has 0 amide bonds. The summed E-state index contributed by atoms with van der Waals surface area (Å²) < 4.78 is 0.194. The van der Waals surface area contributed by atoms with Gasteiger partial charge in [0.05, 0.1) is 17.6 Å². The maximum Gasteiger partial charge on any atom is 0.243 e. The molecule has 1 unspecified atom stereocenters. The third-order valence-electron chi connectivity index (χ3n) is 3.68. The number of para-hydroxylation sites is 2. The molecule has 0 saturated heterocycles. The number of rotatable bonds is 2. The first kappa shape index (κ1) is 11.7. The monoisotopic (exact) mass is 283 g/mol. The molecule has 0 radical (unpaired) electrons. The second-order valence-corrected chi connectivity index (χ2v) is 5.28. The van der Waals surface area contributed by atoms with Gasteiger partial charge in [0.25, 0.3) is 0 Å². The standard InChI is InChI=1S/C16H12ClN2O/c17-14-6-2-4-8-16(14)20-19-11-18-10-13(19)9-12-5-1-3-7-15(12)19/h1-8,10-11H,9H2/q+1. The third-order valence-corrected chi connectivity index (χ3v) is 3.99.